The summed E-state index contributed by atoms with van der Waals surface area (Å²) in [6.07, 6.45) is 5.99. The van der Waals surface area contributed by atoms with E-state index in [9.17, 15) is 9.59 Å². The van der Waals surface area contributed by atoms with Gasteiger partial charge in [0, 0.05) is 13.5 Å². The SMILES string of the molecule is CCCCCCCCC(=O)C(OC)C(N)=O. The van der Waals surface area contributed by atoms with Gasteiger partial charge in [0.25, 0.3) is 5.91 Å². The average molecular weight is 229 g/mol. The van der Waals surface area contributed by atoms with Crippen molar-refractivity contribution >= 4 is 11.7 Å². The Kier molecular flexibility index (Phi) is 8.81. The van der Waals surface area contributed by atoms with E-state index >= 15 is 0 Å². The van der Waals surface area contributed by atoms with Gasteiger partial charge in [0.05, 0.1) is 0 Å². The highest BCUT2D eigenvalue weighted by Crippen LogP contribution is 2.08. The van der Waals surface area contributed by atoms with Crippen LogP contribution in [0.25, 0.3) is 0 Å². The van der Waals surface area contributed by atoms with Gasteiger partial charge >= 0.3 is 0 Å². The van der Waals surface area contributed by atoms with Crippen molar-refractivity contribution in [1.29, 1.82) is 0 Å². The van der Waals surface area contributed by atoms with Crippen LogP contribution < -0.4 is 5.73 Å². The van der Waals surface area contributed by atoms with Crippen LogP contribution in [0.1, 0.15) is 51.9 Å². The Morgan fingerprint density at radius 2 is 1.69 bits per heavy atom. The zero-order valence-electron chi connectivity index (χ0n) is 10.3. The Balaban J connectivity index is 3.60. The molecule has 0 spiro atoms. The molecule has 0 bridgehead atoms. The summed E-state index contributed by atoms with van der Waals surface area (Å²) in [4.78, 5) is 22.3. The number of hydrogen-bond donors (Lipinski definition) is 1. The predicted octanol–water partition coefficient (Wildman–Crippen LogP) is 1.81. The van der Waals surface area contributed by atoms with E-state index in [1.54, 1.807) is 0 Å². The molecule has 0 heterocycles. The molecule has 2 N–H and O–H groups in total. The maximum absolute atomic E-state index is 11.5. The molecule has 0 aromatic heterocycles. The van der Waals surface area contributed by atoms with E-state index in [1.807, 2.05) is 0 Å². The zero-order chi connectivity index (χ0) is 12.4. The van der Waals surface area contributed by atoms with Crippen molar-refractivity contribution in [3.05, 3.63) is 0 Å². The molecule has 0 aromatic rings. The van der Waals surface area contributed by atoms with Gasteiger partial charge in [0.2, 0.25) is 0 Å². The summed E-state index contributed by atoms with van der Waals surface area (Å²) < 4.78 is 4.75. The molecular weight excluding hydrogens is 206 g/mol. The molecule has 16 heavy (non-hydrogen) atoms. The van der Waals surface area contributed by atoms with Gasteiger partial charge in [-0.05, 0) is 6.42 Å². The Bertz CT molecular complexity index is 216. The predicted molar refractivity (Wildman–Crippen MR) is 63.0 cm³/mol. The van der Waals surface area contributed by atoms with E-state index in [2.05, 4.69) is 6.92 Å². The summed E-state index contributed by atoms with van der Waals surface area (Å²) in [5, 5.41) is 0. The summed E-state index contributed by atoms with van der Waals surface area (Å²) in [5.74, 6) is -0.899. The minimum atomic E-state index is -1.06. The van der Waals surface area contributed by atoms with Gasteiger partial charge in [0.15, 0.2) is 11.9 Å². The third-order valence-corrected chi connectivity index (χ3v) is 2.56. The van der Waals surface area contributed by atoms with E-state index < -0.39 is 12.0 Å². The lowest BCUT2D eigenvalue weighted by Crippen LogP contribution is -2.37. The molecule has 0 saturated carbocycles. The van der Waals surface area contributed by atoms with Crippen LogP contribution in [-0.2, 0) is 14.3 Å². The Hall–Kier alpha value is -0.900. The number of methoxy groups -OCH3 is 1. The lowest BCUT2D eigenvalue weighted by Gasteiger charge is -2.09. The minimum Gasteiger partial charge on any atom is -0.367 e. The van der Waals surface area contributed by atoms with Crippen LogP contribution >= 0.6 is 0 Å². The number of nitrogens with two attached hydrogens (primary N) is 1. The molecule has 0 aliphatic rings. The number of primary amides is 1. The van der Waals surface area contributed by atoms with Crippen LogP contribution in [0.4, 0.5) is 0 Å². The molecule has 0 aliphatic carbocycles. The Labute approximate surface area is 97.5 Å². The van der Waals surface area contributed by atoms with Crippen molar-refractivity contribution in [3.8, 4) is 0 Å². The van der Waals surface area contributed by atoms with E-state index in [4.69, 9.17) is 10.5 Å². The number of Topliss-reactive ketones (excluding diaryl/α,β-unsaturated/α-hetero) is 1. The first kappa shape index (κ1) is 15.1. The molecule has 0 radical (unpaired) electrons. The molecule has 0 fully saturated rings. The number of carbonyl (C=O) groups is 2. The number of ether oxygens (including phenoxy) is 1. The Morgan fingerprint density at radius 3 is 2.19 bits per heavy atom. The van der Waals surface area contributed by atoms with E-state index in [-0.39, 0.29) is 5.78 Å². The van der Waals surface area contributed by atoms with E-state index in [0.29, 0.717) is 6.42 Å². The monoisotopic (exact) mass is 229 g/mol. The fourth-order valence-corrected chi connectivity index (χ4v) is 1.62. The summed E-state index contributed by atoms with van der Waals surface area (Å²) in [5.41, 5.74) is 5.03. The van der Waals surface area contributed by atoms with Crippen LogP contribution in [-0.4, -0.2) is 24.9 Å². The average Bonchev–Trinajstić information content (AvgIpc) is 2.23. The van der Waals surface area contributed by atoms with Crippen molar-refractivity contribution in [3.63, 3.8) is 0 Å². The standard InChI is InChI=1S/C12H23NO3/c1-3-4-5-6-7-8-9-10(14)11(16-2)12(13)15/h11H,3-9H2,1-2H3,(H2,13,15). The lowest BCUT2D eigenvalue weighted by atomic mass is 10.1. The minimum absolute atomic E-state index is 0.203. The maximum Gasteiger partial charge on any atom is 0.254 e. The van der Waals surface area contributed by atoms with Gasteiger partial charge in [-0.2, -0.15) is 0 Å². The molecule has 0 rings (SSSR count). The van der Waals surface area contributed by atoms with Gasteiger partial charge in [-0.1, -0.05) is 39.0 Å². The highest BCUT2D eigenvalue weighted by Gasteiger charge is 2.22. The first-order valence-electron chi connectivity index (χ1n) is 5.98. The summed E-state index contributed by atoms with van der Waals surface area (Å²) >= 11 is 0. The molecule has 1 atom stereocenters. The van der Waals surface area contributed by atoms with Gasteiger partial charge in [-0.25, -0.2) is 0 Å². The fourth-order valence-electron chi connectivity index (χ4n) is 1.62. The second kappa shape index (κ2) is 9.33. The van der Waals surface area contributed by atoms with Gasteiger partial charge in [-0.15, -0.1) is 0 Å². The van der Waals surface area contributed by atoms with Crippen molar-refractivity contribution in [2.45, 2.75) is 58.0 Å². The van der Waals surface area contributed by atoms with E-state index in [1.165, 1.54) is 26.4 Å². The number of amides is 1. The molecule has 0 aromatic carbocycles. The van der Waals surface area contributed by atoms with Crippen LogP contribution in [0, 0.1) is 0 Å². The van der Waals surface area contributed by atoms with Crippen molar-refractivity contribution in [1.82, 2.24) is 0 Å². The summed E-state index contributed by atoms with van der Waals surface area (Å²) in [6, 6.07) is 0. The second-order valence-electron chi connectivity index (χ2n) is 4.00. The maximum atomic E-state index is 11.5. The van der Waals surface area contributed by atoms with Crippen LogP contribution in [0.3, 0.4) is 0 Å². The molecule has 4 heteroatoms. The van der Waals surface area contributed by atoms with Crippen molar-refractivity contribution in [2.24, 2.45) is 5.73 Å². The number of rotatable bonds is 10. The third kappa shape index (κ3) is 6.56. The topological polar surface area (TPSA) is 69.4 Å². The quantitative estimate of drug-likeness (QED) is 0.459. The van der Waals surface area contributed by atoms with Crippen LogP contribution in [0.15, 0.2) is 0 Å². The molecule has 0 aliphatic heterocycles. The zero-order valence-corrected chi connectivity index (χ0v) is 10.3. The first-order valence-corrected chi connectivity index (χ1v) is 5.98. The first-order chi connectivity index (χ1) is 7.63. The molecule has 1 unspecified atom stereocenters. The van der Waals surface area contributed by atoms with Crippen molar-refractivity contribution in [2.75, 3.05) is 7.11 Å². The second-order valence-corrected chi connectivity index (χ2v) is 4.00. The van der Waals surface area contributed by atoms with Crippen LogP contribution in [0.2, 0.25) is 0 Å². The fraction of sp³-hybridized carbons (Fsp3) is 0.833. The van der Waals surface area contributed by atoms with Gasteiger partial charge in [-0.3, -0.25) is 9.59 Å². The number of unbranched alkanes of at least 4 members (excludes halogenated alkanes) is 5. The van der Waals surface area contributed by atoms with Crippen LogP contribution in [0.5, 0.6) is 0 Å². The van der Waals surface area contributed by atoms with Crippen molar-refractivity contribution < 1.29 is 14.3 Å². The van der Waals surface area contributed by atoms with Gasteiger partial charge in [0.1, 0.15) is 0 Å². The van der Waals surface area contributed by atoms with Gasteiger partial charge < -0.3 is 10.5 Å². The largest absolute Gasteiger partial charge is 0.367 e. The number of hydrogen-bond acceptors (Lipinski definition) is 3. The molecule has 1 amide bonds. The molecule has 0 saturated heterocycles. The highest BCUT2D eigenvalue weighted by molar-refractivity contribution is 6.03. The number of ketones is 1. The molecule has 4 nitrogen and oxygen atoms in total. The number of carbonyl (C=O) groups excluding carboxylic acids is 2. The smallest absolute Gasteiger partial charge is 0.254 e. The summed E-state index contributed by atoms with van der Waals surface area (Å²) in [7, 11) is 1.33. The normalized spacial score (nSPS) is 12.4. The molecular formula is C12H23NO3. The molecule has 94 valence electrons. The van der Waals surface area contributed by atoms with E-state index in [0.717, 1.165) is 19.3 Å². The highest BCUT2D eigenvalue weighted by atomic mass is 16.5. The third-order valence-electron chi connectivity index (χ3n) is 2.56. The summed E-state index contributed by atoms with van der Waals surface area (Å²) in [6.45, 7) is 2.17. The Morgan fingerprint density at radius 1 is 1.12 bits per heavy atom. The lowest BCUT2D eigenvalue weighted by molar-refractivity contribution is -0.140.